The Kier molecular flexibility index (Phi) is 4.94. The number of hydrogen-bond donors (Lipinski definition) is 2. The summed E-state index contributed by atoms with van der Waals surface area (Å²) < 4.78 is 0. The maximum Gasteiger partial charge on any atom is 0.0454 e. The fraction of sp³-hybridized carbons (Fsp3) is 1.00. The summed E-state index contributed by atoms with van der Waals surface area (Å²) in [6.07, 6.45) is 11.8. The van der Waals surface area contributed by atoms with E-state index in [0.717, 1.165) is 18.5 Å². The Morgan fingerprint density at radius 2 is 1.13 bits per heavy atom. The average Bonchev–Trinajstić information content (AvgIpc) is 2.43. The van der Waals surface area contributed by atoms with Crippen LogP contribution < -0.4 is 10.6 Å². The Bertz CT molecular complexity index is 154. The van der Waals surface area contributed by atoms with Crippen LogP contribution in [0.5, 0.6) is 0 Å². The predicted octanol–water partition coefficient (Wildman–Crippen LogP) is 2.50. The second-order valence-corrected chi connectivity index (χ2v) is 5.30. The summed E-state index contributed by atoms with van der Waals surface area (Å²) in [5, 5.41) is 6.95. The highest BCUT2D eigenvalue weighted by Gasteiger charge is 2.22. The first kappa shape index (κ1) is 11.4. The van der Waals surface area contributed by atoms with E-state index in [1.54, 1.807) is 0 Å². The van der Waals surface area contributed by atoms with Gasteiger partial charge in [-0.05, 0) is 11.8 Å². The van der Waals surface area contributed by atoms with Gasteiger partial charge in [0.2, 0.25) is 0 Å². The molecule has 2 aliphatic rings. The minimum absolute atomic E-state index is 0.900. The Hall–Kier alpha value is -0.0800. The number of hydrogen-bond acceptors (Lipinski definition) is 2. The van der Waals surface area contributed by atoms with Crippen molar-refractivity contribution in [3.05, 3.63) is 0 Å². The van der Waals surface area contributed by atoms with Gasteiger partial charge in [0.15, 0.2) is 0 Å². The zero-order valence-corrected chi connectivity index (χ0v) is 9.93. The molecule has 2 heteroatoms. The molecule has 1 heterocycles. The molecule has 1 saturated carbocycles. The first-order valence-corrected chi connectivity index (χ1v) is 6.88. The van der Waals surface area contributed by atoms with Crippen molar-refractivity contribution in [2.45, 2.75) is 51.4 Å². The Morgan fingerprint density at radius 1 is 0.600 bits per heavy atom. The van der Waals surface area contributed by atoms with Crippen LogP contribution in [0.4, 0.5) is 0 Å². The fourth-order valence-corrected chi connectivity index (χ4v) is 3.14. The average molecular weight is 210 g/mol. The van der Waals surface area contributed by atoms with E-state index in [1.807, 2.05) is 0 Å². The highest BCUT2D eigenvalue weighted by molar-refractivity contribution is 4.78. The van der Waals surface area contributed by atoms with Crippen molar-refractivity contribution in [3.8, 4) is 0 Å². The van der Waals surface area contributed by atoms with Crippen LogP contribution in [0.25, 0.3) is 0 Å². The van der Waals surface area contributed by atoms with E-state index in [0.29, 0.717) is 0 Å². The van der Waals surface area contributed by atoms with E-state index in [1.165, 1.54) is 64.5 Å². The molecule has 0 aromatic carbocycles. The molecule has 15 heavy (non-hydrogen) atoms. The van der Waals surface area contributed by atoms with Gasteiger partial charge in [-0.25, -0.2) is 0 Å². The van der Waals surface area contributed by atoms with Crippen LogP contribution in [-0.4, -0.2) is 19.8 Å². The van der Waals surface area contributed by atoms with Gasteiger partial charge in [-0.3, -0.25) is 0 Å². The molecule has 0 unspecified atom stereocenters. The fourth-order valence-electron chi connectivity index (χ4n) is 3.14. The molecule has 0 radical (unpaired) electrons. The third-order valence-corrected chi connectivity index (χ3v) is 4.13. The minimum atomic E-state index is 0.900. The van der Waals surface area contributed by atoms with Gasteiger partial charge in [-0.15, -0.1) is 0 Å². The molecule has 1 saturated heterocycles. The minimum Gasteiger partial charge on any atom is -0.304 e. The number of nitrogens with one attached hydrogen (secondary N) is 2. The molecular formula is C13H26N2. The Labute approximate surface area is 94.2 Å². The van der Waals surface area contributed by atoms with Crippen molar-refractivity contribution >= 4 is 0 Å². The van der Waals surface area contributed by atoms with Gasteiger partial charge in [0.1, 0.15) is 0 Å². The zero-order chi connectivity index (χ0) is 10.3. The van der Waals surface area contributed by atoms with Crippen molar-refractivity contribution < 1.29 is 0 Å². The lowest BCUT2D eigenvalue weighted by molar-refractivity contribution is 0.237. The first-order valence-electron chi connectivity index (χ1n) is 6.88. The highest BCUT2D eigenvalue weighted by Crippen LogP contribution is 2.27. The van der Waals surface area contributed by atoms with Gasteiger partial charge < -0.3 is 10.6 Å². The van der Waals surface area contributed by atoms with E-state index < -0.39 is 0 Å². The summed E-state index contributed by atoms with van der Waals surface area (Å²) in [5.74, 6) is 1.89. The molecule has 0 bridgehead atoms. The Morgan fingerprint density at radius 3 is 1.73 bits per heavy atom. The van der Waals surface area contributed by atoms with Crippen LogP contribution in [0.15, 0.2) is 0 Å². The van der Waals surface area contributed by atoms with Crippen molar-refractivity contribution in [2.75, 3.05) is 19.8 Å². The smallest absolute Gasteiger partial charge is 0.0454 e. The van der Waals surface area contributed by atoms with Gasteiger partial charge in [0.05, 0.1) is 0 Å². The SMILES string of the molecule is C1CCCCC(C2CNCNC2)CCC1. The van der Waals surface area contributed by atoms with Crippen LogP contribution >= 0.6 is 0 Å². The van der Waals surface area contributed by atoms with Crippen molar-refractivity contribution in [1.29, 1.82) is 0 Å². The molecular weight excluding hydrogens is 184 g/mol. The van der Waals surface area contributed by atoms with Gasteiger partial charge in [-0.2, -0.15) is 0 Å². The second-order valence-electron chi connectivity index (χ2n) is 5.30. The molecule has 1 aliphatic carbocycles. The molecule has 88 valence electrons. The quantitative estimate of drug-likeness (QED) is 0.695. The summed E-state index contributed by atoms with van der Waals surface area (Å²) >= 11 is 0. The van der Waals surface area contributed by atoms with Crippen molar-refractivity contribution in [2.24, 2.45) is 11.8 Å². The van der Waals surface area contributed by atoms with Crippen LogP contribution in [0.2, 0.25) is 0 Å². The van der Waals surface area contributed by atoms with E-state index >= 15 is 0 Å². The molecule has 2 N–H and O–H groups in total. The standard InChI is InChI=1S/C13H26N2/c1-2-4-6-8-12(7-5-3-1)13-9-14-11-15-10-13/h12-15H,1-11H2. The van der Waals surface area contributed by atoms with E-state index in [2.05, 4.69) is 10.6 Å². The summed E-state index contributed by atoms with van der Waals surface area (Å²) in [5.41, 5.74) is 0. The van der Waals surface area contributed by atoms with Gasteiger partial charge in [0, 0.05) is 19.8 Å². The van der Waals surface area contributed by atoms with Gasteiger partial charge >= 0.3 is 0 Å². The zero-order valence-electron chi connectivity index (χ0n) is 9.93. The Balaban J connectivity index is 1.80. The van der Waals surface area contributed by atoms with Gasteiger partial charge in [-0.1, -0.05) is 51.4 Å². The van der Waals surface area contributed by atoms with Crippen molar-refractivity contribution in [3.63, 3.8) is 0 Å². The molecule has 1 aliphatic heterocycles. The maximum atomic E-state index is 3.47. The lowest BCUT2D eigenvalue weighted by atomic mass is 9.83. The van der Waals surface area contributed by atoms with E-state index in [4.69, 9.17) is 0 Å². The maximum absolute atomic E-state index is 3.47. The normalized spacial score (nSPS) is 28.0. The number of rotatable bonds is 1. The lowest BCUT2D eigenvalue weighted by Gasteiger charge is -2.31. The van der Waals surface area contributed by atoms with Crippen LogP contribution in [0.1, 0.15) is 51.4 Å². The molecule has 2 fully saturated rings. The monoisotopic (exact) mass is 210 g/mol. The van der Waals surface area contributed by atoms with Gasteiger partial charge in [0.25, 0.3) is 0 Å². The highest BCUT2D eigenvalue weighted by atomic mass is 15.1. The van der Waals surface area contributed by atoms with Crippen LogP contribution in [0.3, 0.4) is 0 Å². The third-order valence-electron chi connectivity index (χ3n) is 4.13. The van der Waals surface area contributed by atoms with E-state index in [9.17, 15) is 0 Å². The largest absolute Gasteiger partial charge is 0.304 e. The summed E-state index contributed by atoms with van der Waals surface area (Å²) in [6, 6.07) is 0. The molecule has 2 rings (SSSR count). The summed E-state index contributed by atoms with van der Waals surface area (Å²) in [7, 11) is 0. The lowest BCUT2D eigenvalue weighted by Crippen LogP contribution is -2.46. The molecule has 0 spiro atoms. The second kappa shape index (κ2) is 6.49. The predicted molar refractivity (Wildman–Crippen MR) is 64.8 cm³/mol. The third kappa shape index (κ3) is 3.76. The van der Waals surface area contributed by atoms with E-state index in [-0.39, 0.29) is 0 Å². The molecule has 0 aromatic heterocycles. The van der Waals surface area contributed by atoms with Crippen LogP contribution in [-0.2, 0) is 0 Å². The topological polar surface area (TPSA) is 24.1 Å². The van der Waals surface area contributed by atoms with Crippen LogP contribution in [0, 0.1) is 11.8 Å². The molecule has 0 aromatic rings. The van der Waals surface area contributed by atoms with Crippen molar-refractivity contribution in [1.82, 2.24) is 10.6 Å². The summed E-state index contributed by atoms with van der Waals surface area (Å²) in [6.45, 7) is 3.51. The first-order chi connectivity index (χ1) is 7.47. The molecule has 0 atom stereocenters. The molecule has 0 amide bonds. The summed E-state index contributed by atoms with van der Waals surface area (Å²) in [4.78, 5) is 0. The molecule has 2 nitrogen and oxygen atoms in total.